The van der Waals surface area contributed by atoms with Crippen molar-refractivity contribution < 1.29 is 9.53 Å². The predicted octanol–water partition coefficient (Wildman–Crippen LogP) is 2.90. The average molecular weight is 322 g/mol. The zero-order valence-electron chi connectivity index (χ0n) is 10.5. The van der Waals surface area contributed by atoms with Gasteiger partial charge in [-0.05, 0) is 28.4 Å². The molecule has 5 heteroatoms. The van der Waals surface area contributed by atoms with E-state index >= 15 is 0 Å². The Labute approximate surface area is 118 Å². The van der Waals surface area contributed by atoms with Crippen LogP contribution in [-0.4, -0.2) is 18.1 Å². The van der Waals surface area contributed by atoms with Gasteiger partial charge in [0.25, 0.3) is 5.56 Å². The molecule has 0 aliphatic carbocycles. The van der Waals surface area contributed by atoms with Crippen molar-refractivity contribution in [2.24, 2.45) is 0 Å². The monoisotopic (exact) mass is 321 g/mol. The Hall–Kier alpha value is -1.88. The van der Waals surface area contributed by atoms with Crippen LogP contribution >= 0.6 is 15.9 Å². The third kappa shape index (κ3) is 2.46. The third-order valence-corrected chi connectivity index (χ3v) is 3.55. The number of methoxy groups -OCH3 is 1. The molecule has 1 aromatic heterocycles. The SMILES string of the molecule is COC(=O)c1c(C)[nH]c(=O)c(Br)c1-c1ccccc1. The third-order valence-electron chi connectivity index (χ3n) is 2.80. The number of halogens is 1. The number of aryl methyl sites for hydroxylation is 1. The lowest BCUT2D eigenvalue weighted by Crippen LogP contribution is -2.17. The summed E-state index contributed by atoms with van der Waals surface area (Å²) in [6.07, 6.45) is 0. The molecule has 0 saturated carbocycles. The van der Waals surface area contributed by atoms with Gasteiger partial charge < -0.3 is 9.72 Å². The summed E-state index contributed by atoms with van der Waals surface area (Å²) in [7, 11) is 1.32. The minimum absolute atomic E-state index is 0.274. The first-order chi connectivity index (χ1) is 9.06. The number of pyridine rings is 1. The fourth-order valence-corrected chi connectivity index (χ4v) is 2.46. The highest BCUT2D eigenvalue weighted by Crippen LogP contribution is 2.30. The van der Waals surface area contributed by atoms with E-state index in [1.165, 1.54) is 7.11 Å². The number of carbonyl (C=O) groups excluding carboxylic acids is 1. The van der Waals surface area contributed by atoms with Gasteiger partial charge in [0.1, 0.15) is 0 Å². The van der Waals surface area contributed by atoms with Crippen molar-refractivity contribution in [3.63, 3.8) is 0 Å². The maximum atomic E-state index is 11.9. The molecule has 98 valence electrons. The van der Waals surface area contributed by atoms with Crippen molar-refractivity contribution in [3.8, 4) is 11.1 Å². The predicted molar refractivity (Wildman–Crippen MR) is 76.3 cm³/mol. The maximum absolute atomic E-state index is 11.9. The topological polar surface area (TPSA) is 59.2 Å². The Bertz CT molecular complexity index is 677. The van der Waals surface area contributed by atoms with Crippen LogP contribution < -0.4 is 5.56 Å². The largest absolute Gasteiger partial charge is 0.465 e. The van der Waals surface area contributed by atoms with Gasteiger partial charge in [-0.25, -0.2) is 4.79 Å². The average Bonchev–Trinajstić information content (AvgIpc) is 2.42. The molecule has 1 N–H and O–H groups in total. The van der Waals surface area contributed by atoms with E-state index in [4.69, 9.17) is 4.74 Å². The molecule has 0 saturated heterocycles. The lowest BCUT2D eigenvalue weighted by Gasteiger charge is -2.12. The number of ether oxygens (including phenoxy) is 1. The van der Waals surface area contributed by atoms with Gasteiger partial charge in [0, 0.05) is 11.3 Å². The van der Waals surface area contributed by atoms with Crippen LogP contribution in [-0.2, 0) is 4.74 Å². The first-order valence-electron chi connectivity index (χ1n) is 5.62. The summed E-state index contributed by atoms with van der Waals surface area (Å²) < 4.78 is 5.12. The number of aromatic amines is 1. The summed E-state index contributed by atoms with van der Waals surface area (Å²) in [4.78, 5) is 26.4. The van der Waals surface area contributed by atoms with Crippen molar-refractivity contribution in [2.45, 2.75) is 6.92 Å². The highest BCUT2D eigenvalue weighted by molar-refractivity contribution is 9.10. The molecule has 0 aliphatic heterocycles. The van der Waals surface area contributed by atoms with Gasteiger partial charge in [0.05, 0.1) is 17.1 Å². The minimum Gasteiger partial charge on any atom is -0.465 e. The van der Waals surface area contributed by atoms with E-state index in [0.29, 0.717) is 21.3 Å². The first kappa shape index (κ1) is 13.5. The summed E-state index contributed by atoms with van der Waals surface area (Å²) >= 11 is 3.25. The van der Waals surface area contributed by atoms with Gasteiger partial charge in [-0.1, -0.05) is 30.3 Å². The van der Waals surface area contributed by atoms with E-state index in [0.717, 1.165) is 5.56 Å². The Balaban J connectivity index is 2.84. The molecule has 0 bridgehead atoms. The molecule has 0 aliphatic rings. The van der Waals surface area contributed by atoms with Crippen LogP contribution in [0.5, 0.6) is 0 Å². The van der Waals surface area contributed by atoms with Crippen LogP contribution in [0.15, 0.2) is 39.6 Å². The molecule has 0 amide bonds. The van der Waals surface area contributed by atoms with Gasteiger partial charge in [0.15, 0.2) is 0 Å². The van der Waals surface area contributed by atoms with E-state index < -0.39 is 5.97 Å². The van der Waals surface area contributed by atoms with Crippen molar-refractivity contribution in [1.29, 1.82) is 0 Å². The molecule has 19 heavy (non-hydrogen) atoms. The van der Waals surface area contributed by atoms with Gasteiger partial charge in [-0.2, -0.15) is 0 Å². The minimum atomic E-state index is -0.478. The van der Waals surface area contributed by atoms with Crippen LogP contribution in [0.25, 0.3) is 11.1 Å². The quantitative estimate of drug-likeness (QED) is 0.865. The lowest BCUT2D eigenvalue weighted by molar-refractivity contribution is 0.0600. The van der Waals surface area contributed by atoms with Crippen LogP contribution in [0.1, 0.15) is 16.1 Å². The van der Waals surface area contributed by atoms with E-state index in [1.54, 1.807) is 6.92 Å². The highest BCUT2D eigenvalue weighted by Gasteiger charge is 2.21. The normalized spacial score (nSPS) is 10.3. The fourth-order valence-electron chi connectivity index (χ4n) is 1.93. The maximum Gasteiger partial charge on any atom is 0.340 e. The molecular weight excluding hydrogens is 310 g/mol. The van der Waals surface area contributed by atoms with Crippen molar-refractivity contribution >= 4 is 21.9 Å². The number of benzene rings is 1. The van der Waals surface area contributed by atoms with Gasteiger partial charge in [-0.3, -0.25) is 4.79 Å². The summed E-state index contributed by atoms with van der Waals surface area (Å²) in [5.74, 6) is -0.478. The van der Waals surface area contributed by atoms with Crippen molar-refractivity contribution in [1.82, 2.24) is 4.98 Å². The molecule has 1 heterocycles. The number of H-pyrrole nitrogens is 1. The number of nitrogens with one attached hydrogen (secondary N) is 1. The van der Waals surface area contributed by atoms with E-state index in [2.05, 4.69) is 20.9 Å². The van der Waals surface area contributed by atoms with Crippen LogP contribution in [0.4, 0.5) is 0 Å². The first-order valence-corrected chi connectivity index (χ1v) is 6.41. The number of carbonyl (C=O) groups is 1. The van der Waals surface area contributed by atoms with Gasteiger partial charge in [-0.15, -0.1) is 0 Å². The molecule has 0 spiro atoms. The fraction of sp³-hybridized carbons (Fsp3) is 0.143. The molecule has 2 rings (SSSR count). The molecule has 0 fully saturated rings. The number of hydrogen-bond acceptors (Lipinski definition) is 3. The molecule has 0 unspecified atom stereocenters. The van der Waals surface area contributed by atoms with Crippen LogP contribution in [0, 0.1) is 6.92 Å². The number of aromatic nitrogens is 1. The summed E-state index contributed by atoms with van der Waals surface area (Å²) in [6, 6.07) is 9.24. The summed E-state index contributed by atoms with van der Waals surface area (Å²) in [6.45, 7) is 1.67. The van der Waals surface area contributed by atoms with E-state index in [9.17, 15) is 9.59 Å². The number of rotatable bonds is 2. The van der Waals surface area contributed by atoms with Crippen molar-refractivity contribution in [2.75, 3.05) is 7.11 Å². The summed E-state index contributed by atoms with van der Waals surface area (Å²) in [5.41, 5.74) is 1.90. The second-order valence-electron chi connectivity index (χ2n) is 4.00. The lowest BCUT2D eigenvalue weighted by atomic mass is 9.99. The van der Waals surface area contributed by atoms with Crippen LogP contribution in [0.2, 0.25) is 0 Å². The van der Waals surface area contributed by atoms with Crippen molar-refractivity contribution in [3.05, 3.63) is 56.4 Å². The summed E-state index contributed by atoms with van der Waals surface area (Å²) in [5, 5.41) is 0. The Morgan fingerprint density at radius 1 is 1.26 bits per heavy atom. The number of hydrogen-bond donors (Lipinski definition) is 1. The zero-order valence-corrected chi connectivity index (χ0v) is 12.1. The number of esters is 1. The van der Waals surface area contributed by atoms with E-state index in [1.807, 2.05) is 30.3 Å². The standard InChI is InChI=1S/C14H12BrNO3/c1-8-10(14(18)19-2)11(12(15)13(17)16-8)9-6-4-3-5-7-9/h3-7H,1-2H3,(H,16,17). The van der Waals surface area contributed by atoms with Crippen LogP contribution in [0.3, 0.4) is 0 Å². The van der Waals surface area contributed by atoms with E-state index in [-0.39, 0.29) is 5.56 Å². The van der Waals surface area contributed by atoms with Gasteiger partial charge >= 0.3 is 5.97 Å². The molecule has 0 atom stereocenters. The highest BCUT2D eigenvalue weighted by atomic mass is 79.9. The molecule has 1 aromatic carbocycles. The molecular formula is C14H12BrNO3. The Morgan fingerprint density at radius 3 is 2.47 bits per heavy atom. The Morgan fingerprint density at radius 2 is 1.89 bits per heavy atom. The second kappa shape index (κ2) is 5.40. The molecule has 2 aromatic rings. The second-order valence-corrected chi connectivity index (χ2v) is 4.79. The molecule has 4 nitrogen and oxygen atoms in total. The molecule has 0 radical (unpaired) electrons. The zero-order chi connectivity index (χ0) is 14.0. The Kier molecular flexibility index (Phi) is 3.85. The smallest absolute Gasteiger partial charge is 0.340 e. The van der Waals surface area contributed by atoms with Gasteiger partial charge in [0.2, 0.25) is 0 Å².